The average Bonchev–Trinajstić information content (AvgIpc) is 2.68. The number of methoxy groups -OCH3 is 1. The molecule has 1 N–H and O–H groups in total. The summed E-state index contributed by atoms with van der Waals surface area (Å²) in [5.41, 5.74) is 1.88. The van der Waals surface area contributed by atoms with Crippen LogP contribution in [0.4, 0.5) is 0 Å². The maximum absolute atomic E-state index is 9.37. The number of halogens is 1. The molecular formula is C13H15ClN2O. The first-order valence-corrected chi connectivity index (χ1v) is 5.99. The Kier molecular flexibility index (Phi) is 3.68. The Bertz CT molecular complexity index is 455. The van der Waals surface area contributed by atoms with Gasteiger partial charge in [0.25, 0.3) is 0 Å². The van der Waals surface area contributed by atoms with Gasteiger partial charge in [0.15, 0.2) is 0 Å². The molecule has 1 aromatic rings. The van der Waals surface area contributed by atoms with Gasteiger partial charge in [0.05, 0.1) is 12.7 Å². The molecular weight excluding hydrogens is 236 g/mol. The van der Waals surface area contributed by atoms with Crippen molar-refractivity contribution in [2.24, 2.45) is 0 Å². The molecule has 90 valence electrons. The van der Waals surface area contributed by atoms with Gasteiger partial charge < -0.3 is 4.74 Å². The highest BCUT2D eigenvalue weighted by molar-refractivity contribution is 6.30. The third-order valence-corrected chi connectivity index (χ3v) is 3.37. The lowest BCUT2D eigenvalue weighted by atomic mass is 9.98. The van der Waals surface area contributed by atoms with Crippen molar-refractivity contribution in [3.63, 3.8) is 0 Å². The fraction of sp³-hybridized carbons (Fsp3) is 0.462. The van der Waals surface area contributed by atoms with Gasteiger partial charge in [-0.15, -0.1) is 0 Å². The SMILES string of the molecule is COCCNC1(C#N)Cc2ccc(Cl)cc2C1. The van der Waals surface area contributed by atoms with E-state index in [1.807, 2.05) is 18.2 Å². The summed E-state index contributed by atoms with van der Waals surface area (Å²) >= 11 is 5.96. The molecule has 17 heavy (non-hydrogen) atoms. The zero-order chi connectivity index (χ0) is 12.3. The predicted octanol–water partition coefficient (Wildman–Crippen LogP) is 1.94. The predicted molar refractivity (Wildman–Crippen MR) is 67.1 cm³/mol. The fourth-order valence-electron chi connectivity index (χ4n) is 2.28. The highest BCUT2D eigenvalue weighted by Crippen LogP contribution is 2.31. The second-order valence-corrected chi connectivity index (χ2v) is 4.82. The topological polar surface area (TPSA) is 45.0 Å². The minimum absolute atomic E-state index is 0.494. The van der Waals surface area contributed by atoms with Gasteiger partial charge in [0.1, 0.15) is 5.54 Å². The molecule has 0 heterocycles. The number of nitriles is 1. The highest BCUT2D eigenvalue weighted by Gasteiger charge is 2.36. The molecule has 4 heteroatoms. The van der Waals surface area contributed by atoms with Gasteiger partial charge in [0.2, 0.25) is 0 Å². The molecule has 0 bridgehead atoms. The first-order chi connectivity index (χ1) is 8.19. The number of ether oxygens (including phenoxy) is 1. The van der Waals surface area contributed by atoms with Crippen LogP contribution in [0.2, 0.25) is 5.02 Å². The van der Waals surface area contributed by atoms with E-state index in [1.165, 1.54) is 11.1 Å². The van der Waals surface area contributed by atoms with Crippen LogP contribution in [-0.2, 0) is 17.6 Å². The molecule has 0 saturated heterocycles. The van der Waals surface area contributed by atoms with Gasteiger partial charge >= 0.3 is 0 Å². The van der Waals surface area contributed by atoms with Gasteiger partial charge in [-0.3, -0.25) is 5.32 Å². The molecule has 1 unspecified atom stereocenters. The minimum atomic E-state index is -0.494. The number of fused-ring (bicyclic) bond motifs is 1. The molecule has 0 radical (unpaired) electrons. The van der Waals surface area contributed by atoms with Crippen molar-refractivity contribution in [3.05, 3.63) is 34.3 Å². The summed E-state index contributed by atoms with van der Waals surface area (Å²) in [5.74, 6) is 0. The Hall–Kier alpha value is -1.08. The van der Waals surface area contributed by atoms with Crippen molar-refractivity contribution in [2.45, 2.75) is 18.4 Å². The summed E-state index contributed by atoms with van der Waals surface area (Å²) in [6, 6.07) is 8.23. The normalized spacial score (nSPS) is 22.2. The van der Waals surface area contributed by atoms with E-state index >= 15 is 0 Å². The highest BCUT2D eigenvalue weighted by atomic mass is 35.5. The number of hydrogen-bond acceptors (Lipinski definition) is 3. The van der Waals surface area contributed by atoms with Crippen LogP contribution >= 0.6 is 11.6 Å². The Balaban J connectivity index is 2.12. The maximum atomic E-state index is 9.37. The molecule has 0 spiro atoms. The minimum Gasteiger partial charge on any atom is -0.383 e. The molecule has 0 aliphatic heterocycles. The number of benzene rings is 1. The van der Waals surface area contributed by atoms with Gasteiger partial charge in [0, 0.05) is 31.5 Å². The number of rotatable bonds is 4. The van der Waals surface area contributed by atoms with Crippen LogP contribution in [0.3, 0.4) is 0 Å². The molecule has 3 nitrogen and oxygen atoms in total. The third-order valence-electron chi connectivity index (χ3n) is 3.14. The smallest absolute Gasteiger partial charge is 0.114 e. The average molecular weight is 251 g/mol. The largest absolute Gasteiger partial charge is 0.383 e. The molecule has 0 amide bonds. The van der Waals surface area contributed by atoms with Crippen LogP contribution in [-0.4, -0.2) is 25.8 Å². The number of nitrogens with zero attached hydrogens (tertiary/aromatic N) is 1. The van der Waals surface area contributed by atoms with Gasteiger partial charge in [-0.25, -0.2) is 0 Å². The number of nitrogens with one attached hydrogen (secondary N) is 1. The van der Waals surface area contributed by atoms with Crippen molar-refractivity contribution < 1.29 is 4.74 Å². The Morgan fingerprint density at radius 2 is 2.24 bits per heavy atom. The van der Waals surface area contributed by atoms with E-state index in [-0.39, 0.29) is 0 Å². The monoisotopic (exact) mass is 250 g/mol. The Morgan fingerprint density at radius 1 is 1.47 bits per heavy atom. The molecule has 0 aromatic heterocycles. The molecule has 1 aliphatic rings. The fourth-order valence-corrected chi connectivity index (χ4v) is 2.47. The zero-order valence-corrected chi connectivity index (χ0v) is 10.5. The van der Waals surface area contributed by atoms with E-state index < -0.39 is 5.54 Å². The van der Waals surface area contributed by atoms with E-state index in [0.29, 0.717) is 19.6 Å². The summed E-state index contributed by atoms with van der Waals surface area (Å²) in [6.45, 7) is 1.30. The second kappa shape index (κ2) is 5.05. The van der Waals surface area contributed by atoms with Crippen molar-refractivity contribution in [1.29, 1.82) is 5.26 Å². The zero-order valence-electron chi connectivity index (χ0n) is 9.79. The standard InChI is InChI=1S/C13H15ClN2O/c1-17-5-4-16-13(9-15)7-10-2-3-12(14)6-11(10)8-13/h2-3,6,16H,4-5,7-8H2,1H3. The van der Waals surface area contributed by atoms with Gasteiger partial charge in [-0.05, 0) is 23.3 Å². The van der Waals surface area contributed by atoms with Crippen molar-refractivity contribution >= 4 is 11.6 Å². The molecule has 0 saturated carbocycles. The van der Waals surface area contributed by atoms with Crippen LogP contribution in [0.25, 0.3) is 0 Å². The first-order valence-electron chi connectivity index (χ1n) is 5.62. The summed E-state index contributed by atoms with van der Waals surface area (Å²) in [7, 11) is 1.66. The van der Waals surface area contributed by atoms with Crippen LogP contribution in [0.15, 0.2) is 18.2 Å². The van der Waals surface area contributed by atoms with Crippen molar-refractivity contribution in [2.75, 3.05) is 20.3 Å². The molecule has 1 aliphatic carbocycles. The lowest BCUT2D eigenvalue weighted by molar-refractivity contribution is 0.191. The van der Waals surface area contributed by atoms with E-state index in [9.17, 15) is 5.26 Å². The van der Waals surface area contributed by atoms with Crippen LogP contribution in [0, 0.1) is 11.3 Å². The summed E-state index contributed by atoms with van der Waals surface area (Å²) in [4.78, 5) is 0. The molecule has 1 atom stereocenters. The van der Waals surface area contributed by atoms with E-state index in [1.54, 1.807) is 7.11 Å². The lowest BCUT2D eigenvalue weighted by Gasteiger charge is -2.21. The molecule has 0 fully saturated rings. The van der Waals surface area contributed by atoms with Crippen LogP contribution < -0.4 is 5.32 Å². The Labute approximate surface area is 106 Å². The third kappa shape index (κ3) is 2.61. The Morgan fingerprint density at radius 3 is 2.94 bits per heavy atom. The quantitative estimate of drug-likeness (QED) is 0.831. The first kappa shape index (κ1) is 12.4. The van der Waals surface area contributed by atoms with Gasteiger partial charge in [-0.2, -0.15) is 5.26 Å². The van der Waals surface area contributed by atoms with Crippen molar-refractivity contribution in [1.82, 2.24) is 5.32 Å². The lowest BCUT2D eigenvalue weighted by Crippen LogP contribution is -2.46. The summed E-state index contributed by atoms with van der Waals surface area (Å²) in [6.07, 6.45) is 1.45. The summed E-state index contributed by atoms with van der Waals surface area (Å²) < 4.78 is 4.99. The van der Waals surface area contributed by atoms with Crippen LogP contribution in [0.5, 0.6) is 0 Å². The molecule has 1 aromatic carbocycles. The van der Waals surface area contributed by atoms with E-state index in [4.69, 9.17) is 16.3 Å². The molecule has 2 rings (SSSR count). The van der Waals surface area contributed by atoms with Crippen molar-refractivity contribution in [3.8, 4) is 6.07 Å². The van der Waals surface area contributed by atoms with E-state index in [0.717, 1.165) is 11.4 Å². The van der Waals surface area contributed by atoms with Gasteiger partial charge in [-0.1, -0.05) is 17.7 Å². The number of hydrogen-bond donors (Lipinski definition) is 1. The maximum Gasteiger partial charge on any atom is 0.114 e. The summed E-state index contributed by atoms with van der Waals surface area (Å²) in [5, 5.41) is 13.4. The second-order valence-electron chi connectivity index (χ2n) is 4.38. The van der Waals surface area contributed by atoms with E-state index in [2.05, 4.69) is 11.4 Å². The van der Waals surface area contributed by atoms with Crippen LogP contribution in [0.1, 0.15) is 11.1 Å².